The Morgan fingerprint density at radius 1 is 1.88 bits per heavy atom. The zero-order valence-corrected chi connectivity index (χ0v) is 5.27. The molecule has 1 aliphatic carbocycles. The van der Waals surface area contributed by atoms with Gasteiger partial charge in [-0.3, -0.25) is 4.79 Å². The fourth-order valence-electron chi connectivity index (χ4n) is 0.918. The zero-order valence-electron chi connectivity index (χ0n) is 5.27. The molecule has 0 aliphatic heterocycles. The molecular weight excluding hydrogens is 100 g/mol. The molecular formula is C7H10O. The second kappa shape index (κ2) is 1.73. The van der Waals surface area contributed by atoms with Crippen molar-refractivity contribution >= 4 is 5.78 Å². The third kappa shape index (κ3) is 0.808. The van der Waals surface area contributed by atoms with E-state index in [1.54, 1.807) is 6.92 Å². The molecule has 1 nitrogen and oxygen atoms in total. The van der Waals surface area contributed by atoms with Crippen LogP contribution in [0, 0.1) is 5.92 Å². The molecule has 0 radical (unpaired) electrons. The summed E-state index contributed by atoms with van der Waals surface area (Å²) in [6, 6.07) is 0. The number of ketones is 1. The van der Waals surface area contributed by atoms with Gasteiger partial charge in [0.15, 0.2) is 0 Å². The Kier molecular flexibility index (Phi) is 1.20. The molecule has 0 amide bonds. The molecule has 0 aromatic heterocycles. The summed E-state index contributed by atoms with van der Waals surface area (Å²) < 4.78 is 0. The van der Waals surface area contributed by atoms with Crippen LogP contribution in [0.25, 0.3) is 0 Å². The minimum atomic E-state index is 0.259. The molecule has 44 valence electrons. The van der Waals surface area contributed by atoms with Crippen LogP contribution >= 0.6 is 0 Å². The van der Waals surface area contributed by atoms with Gasteiger partial charge in [0, 0.05) is 5.92 Å². The summed E-state index contributed by atoms with van der Waals surface area (Å²) in [5, 5.41) is 0. The van der Waals surface area contributed by atoms with E-state index in [0.717, 1.165) is 6.42 Å². The van der Waals surface area contributed by atoms with Crippen molar-refractivity contribution in [3.8, 4) is 0 Å². The monoisotopic (exact) mass is 110 g/mol. The average Bonchev–Trinajstić information content (AvgIpc) is 1.57. The van der Waals surface area contributed by atoms with E-state index in [2.05, 4.69) is 6.92 Å². The second-order valence-electron chi connectivity index (χ2n) is 2.43. The van der Waals surface area contributed by atoms with Gasteiger partial charge in [0.1, 0.15) is 5.78 Å². The third-order valence-corrected chi connectivity index (χ3v) is 1.55. The van der Waals surface area contributed by atoms with E-state index in [1.807, 2.05) is 6.08 Å². The van der Waals surface area contributed by atoms with Gasteiger partial charge in [0.2, 0.25) is 0 Å². The predicted molar refractivity (Wildman–Crippen MR) is 32.5 cm³/mol. The minimum Gasteiger partial charge on any atom is -0.299 e. The number of carbonyl (C=O) groups excluding carboxylic acids is 1. The van der Waals surface area contributed by atoms with Gasteiger partial charge in [-0.25, -0.2) is 0 Å². The van der Waals surface area contributed by atoms with Crippen LogP contribution in [0.4, 0.5) is 0 Å². The van der Waals surface area contributed by atoms with E-state index in [-0.39, 0.29) is 5.92 Å². The van der Waals surface area contributed by atoms with E-state index in [0.29, 0.717) is 5.78 Å². The summed E-state index contributed by atoms with van der Waals surface area (Å²) >= 11 is 0. The van der Waals surface area contributed by atoms with E-state index >= 15 is 0 Å². The summed E-state index contributed by atoms with van der Waals surface area (Å²) in [5.41, 5.74) is 1.35. The molecule has 0 spiro atoms. The highest BCUT2D eigenvalue weighted by molar-refractivity contribution is 5.81. The van der Waals surface area contributed by atoms with Crippen LogP contribution in [0.5, 0.6) is 0 Å². The van der Waals surface area contributed by atoms with Crippen molar-refractivity contribution in [1.82, 2.24) is 0 Å². The van der Waals surface area contributed by atoms with Crippen LogP contribution in [-0.4, -0.2) is 5.78 Å². The maximum absolute atomic E-state index is 10.5. The number of Topliss-reactive ketones (excluding diaryl/α,β-unsaturated/α-hetero) is 1. The Bertz CT molecular complexity index is 144. The first-order chi connectivity index (χ1) is 3.70. The number of carbonyl (C=O) groups is 1. The standard InChI is InChI=1S/C7H10O/c1-5-3-7(4-5)6(2)8/h3,7H,4H2,1-2H3. The Labute approximate surface area is 49.4 Å². The van der Waals surface area contributed by atoms with Crippen molar-refractivity contribution < 1.29 is 4.79 Å². The number of rotatable bonds is 1. The van der Waals surface area contributed by atoms with Crippen LogP contribution in [0.3, 0.4) is 0 Å². The predicted octanol–water partition coefficient (Wildman–Crippen LogP) is 1.54. The molecule has 0 fully saturated rings. The molecule has 8 heavy (non-hydrogen) atoms. The van der Waals surface area contributed by atoms with E-state index in [1.165, 1.54) is 5.57 Å². The molecule has 1 aliphatic rings. The normalized spacial score (nSPS) is 26.2. The molecule has 0 N–H and O–H groups in total. The van der Waals surface area contributed by atoms with Crippen LogP contribution in [0.1, 0.15) is 20.3 Å². The van der Waals surface area contributed by atoms with Gasteiger partial charge in [0.25, 0.3) is 0 Å². The largest absolute Gasteiger partial charge is 0.299 e. The fourth-order valence-corrected chi connectivity index (χ4v) is 0.918. The van der Waals surface area contributed by atoms with Crippen LogP contribution < -0.4 is 0 Å². The molecule has 1 heteroatoms. The summed E-state index contributed by atoms with van der Waals surface area (Å²) in [6.07, 6.45) is 3.03. The van der Waals surface area contributed by atoms with Crippen molar-refractivity contribution in [1.29, 1.82) is 0 Å². The van der Waals surface area contributed by atoms with Crippen molar-refractivity contribution in [2.45, 2.75) is 20.3 Å². The quantitative estimate of drug-likeness (QED) is 0.468. The lowest BCUT2D eigenvalue weighted by Gasteiger charge is -2.19. The first-order valence-electron chi connectivity index (χ1n) is 2.88. The maximum Gasteiger partial charge on any atom is 0.136 e. The molecule has 0 aromatic carbocycles. The molecule has 0 saturated heterocycles. The molecule has 0 bridgehead atoms. The molecule has 0 heterocycles. The molecule has 0 aromatic rings. The van der Waals surface area contributed by atoms with E-state index < -0.39 is 0 Å². The Balaban J connectivity index is 2.48. The van der Waals surface area contributed by atoms with Crippen LogP contribution in [0.2, 0.25) is 0 Å². The van der Waals surface area contributed by atoms with Gasteiger partial charge in [-0.05, 0) is 20.3 Å². The smallest absolute Gasteiger partial charge is 0.136 e. The van der Waals surface area contributed by atoms with Gasteiger partial charge in [-0.15, -0.1) is 0 Å². The number of hydrogen-bond acceptors (Lipinski definition) is 1. The van der Waals surface area contributed by atoms with Gasteiger partial charge in [-0.1, -0.05) is 11.6 Å². The average molecular weight is 110 g/mol. The minimum absolute atomic E-state index is 0.259. The SMILES string of the molecule is CC(=O)C1C=C(C)C1. The van der Waals surface area contributed by atoms with Gasteiger partial charge >= 0.3 is 0 Å². The number of allylic oxidation sites excluding steroid dienone is 2. The highest BCUT2D eigenvalue weighted by atomic mass is 16.1. The van der Waals surface area contributed by atoms with E-state index in [9.17, 15) is 4.79 Å². The summed E-state index contributed by atoms with van der Waals surface area (Å²) in [7, 11) is 0. The van der Waals surface area contributed by atoms with Crippen molar-refractivity contribution in [2.24, 2.45) is 5.92 Å². The Hall–Kier alpha value is -0.590. The van der Waals surface area contributed by atoms with Crippen molar-refractivity contribution in [3.05, 3.63) is 11.6 Å². The van der Waals surface area contributed by atoms with E-state index in [4.69, 9.17) is 0 Å². The lowest BCUT2D eigenvalue weighted by molar-refractivity contribution is -0.119. The van der Waals surface area contributed by atoms with Gasteiger partial charge < -0.3 is 0 Å². The van der Waals surface area contributed by atoms with Gasteiger partial charge in [-0.2, -0.15) is 0 Å². The molecule has 1 unspecified atom stereocenters. The van der Waals surface area contributed by atoms with Crippen molar-refractivity contribution in [3.63, 3.8) is 0 Å². The van der Waals surface area contributed by atoms with Gasteiger partial charge in [0.05, 0.1) is 0 Å². The lowest BCUT2D eigenvalue weighted by atomic mass is 9.85. The van der Waals surface area contributed by atoms with Crippen molar-refractivity contribution in [2.75, 3.05) is 0 Å². The molecule has 1 rings (SSSR count). The highest BCUT2D eigenvalue weighted by Gasteiger charge is 2.18. The van der Waals surface area contributed by atoms with Crippen LogP contribution in [-0.2, 0) is 4.79 Å². The first kappa shape index (κ1) is 5.54. The lowest BCUT2D eigenvalue weighted by Crippen LogP contribution is -2.15. The molecule has 0 saturated carbocycles. The first-order valence-corrected chi connectivity index (χ1v) is 2.88. The summed E-state index contributed by atoms with van der Waals surface area (Å²) in [6.45, 7) is 3.70. The zero-order chi connectivity index (χ0) is 6.15. The number of hydrogen-bond donors (Lipinski definition) is 0. The maximum atomic E-state index is 10.5. The Morgan fingerprint density at radius 3 is 2.50 bits per heavy atom. The summed E-state index contributed by atoms with van der Waals surface area (Å²) in [5.74, 6) is 0.561. The fraction of sp³-hybridized carbons (Fsp3) is 0.571. The topological polar surface area (TPSA) is 17.1 Å². The second-order valence-corrected chi connectivity index (χ2v) is 2.43. The third-order valence-electron chi connectivity index (χ3n) is 1.55. The summed E-state index contributed by atoms with van der Waals surface area (Å²) in [4.78, 5) is 10.5. The Morgan fingerprint density at radius 2 is 2.38 bits per heavy atom. The van der Waals surface area contributed by atoms with Crippen LogP contribution in [0.15, 0.2) is 11.6 Å². The highest BCUT2D eigenvalue weighted by Crippen LogP contribution is 2.25. The molecule has 1 atom stereocenters.